The maximum Gasteiger partial charge on any atom is 0.410 e. The highest BCUT2D eigenvalue weighted by atomic mass is 32.1. The number of benzene rings is 2. The van der Waals surface area contributed by atoms with Gasteiger partial charge in [0.05, 0.1) is 23.8 Å². The second-order valence-electron chi connectivity index (χ2n) is 11.2. The van der Waals surface area contributed by atoms with E-state index in [1.54, 1.807) is 11.0 Å². The molecule has 39 heavy (non-hydrogen) atoms. The molecule has 6 nitrogen and oxygen atoms in total. The smallest absolute Gasteiger partial charge is 0.410 e. The van der Waals surface area contributed by atoms with E-state index in [1.807, 2.05) is 57.2 Å². The van der Waals surface area contributed by atoms with Gasteiger partial charge < -0.3 is 14.7 Å². The molecular weight excluding hydrogens is 513 g/mol. The summed E-state index contributed by atoms with van der Waals surface area (Å²) in [5, 5.41) is 10.4. The van der Waals surface area contributed by atoms with Gasteiger partial charge in [-0.3, -0.25) is 0 Å². The molecule has 2 unspecified atom stereocenters. The molecule has 6 rings (SSSR count). The van der Waals surface area contributed by atoms with Crippen molar-refractivity contribution in [3.8, 4) is 10.6 Å². The second-order valence-corrected chi connectivity index (χ2v) is 12.2. The zero-order valence-corrected chi connectivity index (χ0v) is 22.9. The Balaban J connectivity index is 1.24. The van der Waals surface area contributed by atoms with Gasteiger partial charge in [0.25, 0.3) is 0 Å². The van der Waals surface area contributed by atoms with Crippen molar-refractivity contribution in [2.24, 2.45) is 0 Å². The summed E-state index contributed by atoms with van der Waals surface area (Å²) in [6, 6.07) is 19.0. The fourth-order valence-corrected chi connectivity index (χ4v) is 6.27. The van der Waals surface area contributed by atoms with Crippen molar-refractivity contribution < 1.29 is 19.0 Å². The van der Waals surface area contributed by atoms with Gasteiger partial charge in [-0.05, 0) is 62.6 Å². The molecule has 0 radical (unpaired) electrons. The number of aromatic nitrogens is 2. The van der Waals surface area contributed by atoms with Crippen LogP contribution in [0.5, 0.6) is 0 Å². The van der Waals surface area contributed by atoms with Gasteiger partial charge >= 0.3 is 6.09 Å². The molecule has 1 aliphatic carbocycles. The van der Waals surface area contributed by atoms with Gasteiger partial charge in [0.2, 0.25) is 0 Å². The second kappa shape index (κ2) is 9.54. The molecule has 2 aliphatic rings. The minimum Gasteiger partial charge on any atom is -0.444 e. The topological polar surface area (TPSA) is 75.5 Å². The van der Waals surface area contributed by atoms with Crippen LogP contribution in [0.2, 0.25) is 0 Å². The van der Waals surface area contributed by atoms with E-state index in [2.05, 4.69) is 29.3 Å². The molecule has 1 amide bonds. The lowest BCUT2D eigenvalue weighted by atomic mass is 9.89. The Bertz CT molecular complexity index is 1570. The van der Waals surface area contributed by atoms with Gasteiger partial charge in [0, 0.05) is 18.0 Å². The van der Waals surface area contributed by atoms with Crippen molar-refractivity contribution in [1.29, 1.82) is 0 Å². The van der Waals surface area contributed by atoms with Crippen LogP contribution in [0.1, 0.15) is 49.9 Å². The summed E-state index contributed by atoms with van der Waals surface area (Å²) in [7, 11) is 0. The third kappa shape index (κ3) is 4.83. The quantitative estimate of drug-likeness (QED) is 0.293. The van der Waals surface area contributed by atoms with Crippen molar-refractivity contribution in [2.45, 2.75) is 50.2 Å². The van der Waals surface area contributed by atoms with Crippen LogP contribution in [0.15, 0.2) is 72.8 Å². The van der Waals surface area contributed by atoms with Crippen LogP contribution in [-0.4, -0.2) is 50.9 Å². The van der Waals surface area contributed by atoms with Gasteiger partial charge in [-0.25, -0.2) is 19.2 Å². The number of amides is 1. The summed E-state index contributed by atoms with van der Waals surface area (Å²) in [5.74, 6) is -0.467. The van der Waals surface area contributed by atoms with Crippen molar-refractivity contribution in [3.05, 3.63) is 95.5 Å². The zero-order valence-electron chi connectivity index (χ0n) is 22.1. The Morgan fingerprint density at radius 3 is 2.56 bits per heavy atom. The van der Waals surface area contributed by atoms with E-state index in [-0.39, 0.29) is 29.8 Å². The van der Waals surface area contributed by atoms with Crippen LogP contribution in [0.25, 0.3) is 20.9 Å². The third-order valence-electron chi connectivity index (χ3n) is 7.38. The minimum atomic E-state index is -0.632. The van der Waals surface area contributed by atoms with Crippen LogP contribution < -0.4 is 0 Å². The maximum absolute atomic E-state index is 15.5. The average Bonchev–Trinajstić information content (AvgIpc) is 3.42. The number of carbonyl (C=O) groups is 1. The molecule has 2 atom stereocenters. The van der Waals surface area contributed by atoms with Gasteiger partial charge in [-0.2, -0.15) is 0 Å². The van der Waals surface area contributed by atoms with Crippen LogP contribution in [-0.2, 0) is 10.2 Å². The number of allylic oxidation sites excluding steroid dienone is 2. The van der Waals surface area contributed by atoms with E-state index in [0.717, 1.165) is 21.6 Å². The first-order chi connectivity index (χ1) is 18.7. The number of nitrogens with zero attached hydrogens (tertiary/aromatic N) is 3. The molecule has 1 saturated heterocycles. The van der Waals surface area contributed by atoms with Crippen molar-refractivity contribution >= 4 is 27.8 Å². The highest BCUT2D eigenvalue weighted by molar-refractivity contribution is 7.21. The van der Waals surface area contributed by atoms with E-state index in [0.29, 0.717) is 23.5 Å². The number of aliphatic hydroxyl groups excluding tert-OH is 1. The summed E-state index contributed by atoms with van der Waals surface area (Å²) in [4.78, 5) is 24.6. The molecular formula is C31H30FN3O3S. The SMILES string of the molecule is CC(C)(C)OC(=O)N1CC(c2ccc(-c3nc4ccc(C5(c6ccccc6)C=C5)nc4s3)c(F)c2)CC1CO. The number of hydrogen-bond acceptors (Lipinski definition) is 6. The number of ether oxygens (including phenoxy) is 1. The molecule has 3 heterocycles. The molecule has 2 aromatic carbocycles. The van der Waals surface area contributed by atoms with Crippen molar-refractivity contribution in [1.82, 2.24) is 14.9 Å². The standard InChI is InChI=1S/C31H30FN3O3S/c1-30(2,3)38-29(37)35-17-20(15-22(35)18-36)19-9-10-23(24(32)16-19)27-33-25-11-12-26(34-28(25)39-27)31(13-14-31)21-7-5-4-6-8-21/h4-14,16,20,22,36H,15,17-18H2,1-3H3. The predicted octanol–water partition coefficient (Wildman–Crippen LogP) is 6.44. The monoisotopic (exact) mass is 543 g/mol. The zero-order chi connectivity index (χ0) is 27.4. The molecule has 1 aliphatic heterocycles. The lowest BCUT2D eigenvalue weighted by molar-refractivity contribution is 0.0174. The minimum absolute atomic E-state index is 0.0990. The Morgan fingerprint density at radius 2 is 1.90 bits per heavy atom. The van der Waals surface area contributed by atoms with Crippen LogP contribution in [0, 0.1) is 5.82 Å². The maximum atomic E-state index is 15.5. The molecule has 4 aromatic rings. The summed E-state index contributed by atoms with van der Waals surface area (Å²) >= 11 is 1.38. The predicted molar refractivity (Wildman–Crippen MR) is 150 cm³/mol. The van der Waals surface area contributed by atoms with E-state index in [9.17, 15) is 9.90 Å². The van der Waals surface area contributed by atoms with Gasteiger partial charge in [-0.15, -0.1) is 0 Å². The fraction of sp³-hybridized carbons (Fsp3) is 0.323. The molecule has 0 bridgehead atoms. The van der Waals surface area contributed by atoms with Crippen LogP contribution in [0.4, 0.5) is 9.18 Å². The number of carbonyl (C=O) groups excluding carboxylic acids is 1. The molecule has 2 aromatic heterocycles. The third-order valence-corrected chi connectivity index (χ3v) is 8.38. The Kier molecular flexibility index (Phi) is 6.27. The van der Waals surface area contributed by atoms with Gasteiger partial charge in [0.1, 0.15) is 26.8 Å². The normalized spacial score (nSPS) is 20.0. The number of thiazole rings is 1. The Morgan fingerprint density at radius 1 is 1.13 bits per heavy atom. The summed E-state index contributed by atoms with van der Waals surface area (Å²) in [6.07, 6.45) is 4.37. The lowest BCUT2D eigenvalue weighted by Crippen LogP contribution is -2.41. The van der Waals surface area contributed by atoms with Crippen molar-refractivity contribution in [3.63, 3.8) is 0 Å². The van der Waals surface area contributed by atoms with E-state index >= 15 is 4.39 Å². The molecule has 200 valence electrons. The largest absolute Gasteiger partial charge is 0.444 e. The summed E-state index contributed by atoms with van der Waals surface area (Å²) < 4.78 is 21.0. The number of aliphatic hydroxyl groups is 1. The van der Waals surface area contributed by atoms with Crippen molar-refractivity contribution in [2.75, 3.05) is 13.2 Å². The highest BCUT2D eigenvalue weighted by Crippen LogP contribution is 2.45. The first kappa shape index (κ1) is 25.6. The van der Waals surface area contributed by atoms with E-state index in [4.69, 9.17) is 9.72 Å². The van der Waals surface area contributed by atoms with Gasteiger partial charge in [0.15, 0.2) is 0 Å². The first-order valence-corrected chi connectivity index (χ1v) is 13.9. The Hall–Kier alpha value is -3.62. The molecule has 8 heteroatoms. The van der Waals surface area contributed by atoms with Crippen LogP contribution >= 0.6 is 11.3 Å². The summed E-state index contributed by atoms with van der Waals surface area (Å²) in [6.45, 7) is 5.62. The van der Waals surface area contributed by atoms with E-state index < -0.39 is 11.7 Å². The number of likely N-dealkylation sites (tertiary alicyclic amines) is 1. The summed E-state index contributed by atoms with van der Waals surface area (Å²) in [5.41, 5.74) is 3.13. The molecule has 1 N–H and O–H groups in total. The van der Waals surface area contributed by atoms with Gasteiger partial charge in [-0.1, -0.05) is 59.9 Å². The number of halogens is 1. The number of hydrogen-bond donors (Lipinski definition) is 1. The van der Waals surface area contributed by atoms with E-state index in [1.165, 1.54) is 23.0 Å². The molecule has 0 saturated carbocycles. The lowest BCUT2D eigenvalue weighted by Gasteiger charge is -2.27. The number of rotatable bonds is 5. The molecule has 1 fully saturated rings. The Labute approximate surface area is 230 Å². The number of fused-ring (bicyclic) bond motifs is 1. The van der Waals surface area contributed by atoms with Crippen LogP contribution in [0.3, 0.4) is 0 Å². The fourth-order valence-electron chi connectivity index (χ4n) is 5.31. The average molecular weight is 544 g/mol. The first-order valence-electron chi connectivity index (χ1n) is 13.1. The molecule has 0 spiro atoms. The highest BCUT2D eigenvalue weighted by Gasteiger charge is 2.40. The number of pyridine rings is 1.